The third-order valence-corrected chi connectivity index (χ3v) is 5.06. The van der Waals surface area contributed by atoms with E-state index in [0.717, 1.165) is 31.6 Å². The second kappa shape index (κ2) is 11.1. The van der Waals surface area contributed by atoms with Crippen LogP contribution in [0, 0.1) is 5.41 Å². The summed E-state index contributed by atoms with van der Waals surface area (Å²) in [6.45, 7) is 2.01. The average Bonchev–Trinajstić information content (AvgIpc) is 2.78. The fraction of sp³-hybridized carbons (Fsp3) is 0.348. The van der Waals surface area contributed by atoms with Gasteiger partial charge in [-0.25, -0.2) is 9.97 Å². The number of carbonyl (C=O) groups is 1. The van der Waals surface area contributed by atoms with Crippen LogP contribution in [0.3, 0.4) is 0 Å². The van der Waals surface area contributed by atoms with Crippen LogP contribution >= 0.6 is 0 Å². The molecule has 1 saturated heterocycles. The highest BCUT2D eigenvalue weighted by Crippen LogP contribution is 2.22. The van der Waals surface area contributed by atoms with Gasteiger partial charge in [-0.1, -0.05) is 12.1 Å². The lowest BCUT2D eigenvalue weighted by Crippen LogP contribution is -2.44. The number of likely N-dealkylation sites (tertiary alicyclic amines) is 1. The van der Waals surface area contributed by atoms with E-state index >= 15 is 0 Å². The molecule has 0 radical (unpaired) electrons. The first kappa shape index (κ1) is 23.1. The van der Waals surface area contributed by atoms with Gasteiger partial charge in [0.2, 0.25) is 5.91 Å². The fourth-order valence-corrected chi connectivity index (χ4v) is 3.46. The SMILES string of the molecule is CN(C)C/C=C/C(=O)N1CCCC(Nc2ncnc(N)c2C(=N)/C=C/c2ccccn2)C1. The van der Waals surface area contributed by atoms with Crippen molar-refractivity contribution in [2.24, 2.45) is 0 Å². The predicted molar refractivity (Wildman–Crippen MR) is 127 cm³/mol. The molecule has 1 amide bonds. The minimum absolute atomic E-state index is 0.00631. The fourth-order valence-electron chi connectivity index (χ4n) is 3.46. The molecule has 0 spiro atoms. The molecule has 0 saturated carbocycles. The van der Waals surface area contributed by atoms with Gasteiger partial charge in [-0.3, -0.25) is 15.2 Å². The van der Waals surface area contributed by atoms with Gasteiger partial charge in [0.1, 0.15) is 18.0 Å². The van der Waals surface area contributed by atoms with Crippen molar-refractivity contribution in [3.63, 3.8) is 0 Å². The quantitative estimate of drug-likeness (QED) is 0.429. The molecule has 3 heterocycles. The monoisotopic (exact) mass is 434 g/mol. The molecular weight excluding hydrogens is 404 g/mol. The van der Waals surface area contributed by atoms with Crippen LogP contribution in [-0.4, -0.2) is 76.1 Å². The Hall–Kier alpha value is -3.59. The second-order valence-electron chi connectivity index (χ2n) is 7.92. The number of aromatic nitrogens is 3. The number of hydrogen-bond acceptors (Lipinski definition) is 8. The molecule has 168 valence electrons. The van der Waals surface area contributed by atoms with Crippen molar-refractivity contribution in [3.05, 3.63) is 60.2 Å². The summed E-state index contributed by atoms with van der Waals surface area (Å²) in [5.41, 5.74) is 7.46. The molecule has 1 aliphatic heterocycles. The molecule has 1 fully saturated rings. The summed E-state index contributed by atoms with van der Waals surface area (Å²) < 4.78 is 0. The number of nitrogens with two attached hydrogens (primary N) is 1. The van der Waals surface area contributed by atoms with Crippen LogP contribution in [-0.2, 0) is 4.79 Å². The van der Waals surface area contributed by atoms with Gasteiger partial charge in [-0.2, -0.15) is 0 Å². The van der Waals surface area contributed by atoms with Gasteiger partial charge in [-0.05, 0) is 51.2 Å². The molecule has 0 aromatic carbocycles. The summed E-state index contributed by atoms with van der Waals surface area (Å²) in [5, 5.41) is 11.9. The number of rotatable bonds is 8. The molecule has 1 atom stereocenters. The van der Waals surface area contributed by atoms with Crippen molar-refractivity contribution in [2.45, 2.75) is 18.9 Å². The van der Waals surface area contributed by atoms with E-state index in [1.807, 2.05) is 48.2 Å². The highest BCUT2D eigenvalue weighted by Gasteiger charge is 2.24. The highest BCUT2D eigenvalue weighted by molar-refractivity contribution is 6.14. The molecule has 1 aliphatic rings. The first-order chi connectivity index (χ1) is 15.4. The number of hydrogen-bond donors (Lipinski definition) is 3. The van der Waals surface area contributed by atoms with Crippen molar-refractivity contribution in [1.82, 2.24) is 24.8 Å². The Morgan fingerprint density at radius 1 is 1.31 bits per heavy atom. The molecule has 0 aliphatic carbocycles. The van der Waals surface area contributed by atoms with Gasteiger partial charge in [0.15, 0.2) is 0 Å². The Labute approximate surface area is 188 Å². The van der Waals surface area contributed by atoms with Crippen LogP contribution in [0.15, 0.2) is 49.0 Å². The number of likely N-dealkylation sites (N-methyl/N-ethyl adjacent to an activating group) is 1. The molecule has 0 bridgehead atoms. The maximum Gasteiger partial charge on any atom is 0.246 e. The number of nitrogens with one attached hydrogen (secondary N) is 2. The van der Waals surface area contributed by atoms with Crippen molar-refractivity contribution in [1.29, 1.82) is 5.41 Å². The van der Waals surface area contributed by atoms with E-state index in [9.17, 15) is 4.79 Å². The van der Waals surface area contributed by atoms with E-state index in [-0.39, 0.29) is 23.5 Å². The summed E-state index contributed by atoms with van der Waals surface area (Å²) in [5.74, 6) is 0.732. The van der Waals surface area contributed by atoms with Gasteiger partial charge >= 0.3 is 0 Å². The minimum Gasteiger partial charge on any atom is -0.383 e. The number of allylic oxidation sites excluding steroid dienone is 1. The molecule has 32 heavy (non-hydrogen) atoms. The lowest BCUT2D eigenvalue weighted by atomic mass is 10.0. The lowest BCUT2D eigenvalue weighted by Gasteiger charge is -2.33. The number of amides is 1. The smallest absolute Gasteiger partial charge is 0.246 e. The normalized spacial score (nSPS) is 16.7. The molecule has 2 aromatic rings. The van der Waals surface area contributed by atoms with Gasteiger partial charge in [-0.15, -0.1) is 0 Å². The molecule has 3 rings (SSSR count). The average molecular weight is 435 g/mol. The van der Waals surface area contributed by atoms with Crippen LogP contribution in [0.5, 0.6) is 0 Å². The standard InChI is InChI=1S/C23H30N8O/c1-30(2)13-6-9-20(32)31-14-5-8-18(15-31)29-23-21(22(25)27-16-28-23)19(24)11-10-17-7-3-4-12-26-17/h3-4,6-7,9-12,16,18,24H,5,8,13-15H2,1-2H3,(H3,25,27,28,29)/b9-6+,11-10+,24-19?. The summed E-state index contributed by atoms with van der Waals surface area (Å²) in [4.78, 5) is 29.0. The van der Waals surface area contributed by atoms with Gasteiger partial charge < -0.3 is 20.9 Å². The predicted octanol–water partition coefficient (Wildman–Crippen LogP) is 2.06. The second-order valence-corrected chi connectivity index (χ2v) is 7.92. The summed E-state index contributed by atoms with van der Waals surface area (Å²) in [6.07, 6.45) is 11.7. The van der Waals surface area contributed by atoms with Crippen molar-refractivity contribution in [3.8, 4) is 0 Å². The Kier molecular flexibility index (Phi) is 8.04. The maximum absolute atomic E-state index is 12.5. The number of anilines is 2. The molecule has 4 N–H and O–H groups in total. The molecule has 9 heteroatoms. The van der Waals surface area contributed by atoms with Crippen LogP contribution in [0.4, 0.5) is 11.6 Å². The summed E-state index contributed by atoms with van der Waals surface area (Å²) in [6, 6.07) is 5.59. The van der Waals surface area contributed by atoms with E-state index in [1.54, 1.807) is 24.4 Å². The largest absolute Gasteiger partial charge is 0.383 e. The van der Waals surface area contributed by atoms with Gasteiger partial charge in [0.25, 0.3) is 0 Å². The summed E-state index contributed by atoms with van der Waals surface area (Å²) >= 11 is 0. The zero-order valence-corrected chi connectivity index (χ0v) is 18.5. The first-order valence-corrected chi connectivity index (χ1v) is 10.6. The summed E-state index contributed by atoms with van der Waals surface area (Å²) in [7, 11) is 3.92. The van der Waals surface area contributed by atoms with Crippen LogP contribution in [0.1, 0.15) is 24.1 Å². The number of pyridine rings is 1. The number of nitrogens with zero attached hydrogens (tertiary/aromatic N) is 5. The van der Waals surface area contributed by atoms with E-state index in [4.69, 9.17) is 11.1 Å². The van der Waals surface area contributed by atoms with Gasteiger partial charge in [0.05, 0.1) is 17.0 Å². The number of piperidine rings is 1. The Morgan fingerprint density at radius 2 is 2.16 bits per heavy atom. The third-order valence-electron chi connectivity index (χ3n) is 5.06. The molecular formula is C23H30N8O. The zero-order chi connectivity index (χ0) is 22.9. The van der Waals surface area contributed by atoms with E-state index in [1.165, 1.54) is 6.33 Å². The first-order valence-electron chi connectivity index (χ1n) is 10.6. The van der Waals surface area contributed by atoms with Crippen molar-refractivity contribution in [2.75, 3.05) is 44.8 Å². The molecule has 1 unspecified atom stereocenters. The third kappa shape index (κ3) is 6.45. The number of carbonyl (C=O) groups excluding carboxylic acids is 1. The van der Waals surface area contributed by atoms with E-state index in [2.05, 4.69) is 20.3 Å². The van der Waals surface area contributed by atoms with E-state index in [0.29, 0.717) is 17.9 Å². The topological polar surface area (TPSA) is 124 Å². The van der Waals surface area contributed by atoms with Crippen LogP contribution < -0.4 is 11.1 Å². The zero-order valence-electron chi connectivity index (χ0n) is 18.5. The van der Waals surface area contributed by atoms with E-state index < -0.39 is 0 Å². The van der Waals surface area contributed by atoms with Crippen molar-refractivity contribution >= 4 is 29.3 Å². The molecule has 9 nitrogen and oxygen atoms in total. The lowest BCUT2D eigenvalue weighted by molar-refractivity contribution is -0.127. The van der Waals surface area contributed by atoms with Crippen molar-refractivity contribution < 1.29 is 4.79 Å². The Bertz CT molecular complexity index is 987. The minimum atomic E-state index is 0.00631. The molecule has 2 aromatic heterocycles. The number of nitrogen functional groups attached to an aromatic ring is 1. The Balaban J connectivity index is 1.70. The van der Waals surface area contributed by atoms with Crippen LogP contribution in [0.25, 0.3) is 6.08 Å². The van der Waals surface area contributed by atoms with Gasteiger partial charge in [0, 0.05) is 37.9 Å². The maximum atomic E-state index is 12.5. The highest BCUT2D eigenvalue weighted by atomic mass is 16.2. The van der Waals surface area contributed by atoms with Crippen LogP contribution in [0.2, 0.25) is 0 Å². The Morgan fingerprint density at radius 3 is 2.91 bits per heavy atom.